The molecular weight excluding hydrogens is 252 g/mol. The van der Waals surface area contributed by atoms with Gasteiger partial charge in [0.2, 0.25) is 0 Å². The number of hydrogen-bond acceptors (Lipinski definition) is 3. The molecule has 0 aliphatic heterocycles. The van der Waals surface area contributed by atoms with Crippen LogP contribution < -0.4 is 10.6 Å². The van der Waals surface area contributed by atoms with Crippen LogP contribution in [0.4, 0.5) is 4.79 Å². The first-order valence-corrected chi connectivity index (χ1v) is 7.48. The molecule has 20 heavy (non-hydrogen) atoms. The maximum Gasteiger partial charge on any atom is 0.407 e. The van der Waals surface area contributed by atoms with Crippen LogP contribution in [-0.4, -0.2) is 30.3 Å². The van der Waals surface area contributed by atoms with Crippen LogP contribution in [0.3, 0.4) is 0 Å². The predicted molar refractivity (Wildman–Crippen MR) is 81.4 cm³/mol. The van der Waals surface area contributed by atoms with Gasteiger partial charge >= 0.3 is 6.09 Å². The van der Waals surface area contributed by atoms with E-state index in [-0.39, 0.29) is 6.09 Å². The van der Waals surface area contributed by atoms with Crippen LogP contribution in [0, 0.1) is 18.3 Å². The summed E-state index contributed by atoms with van der Waals surface area (Å²) in [6, 6.07) is 0.764. The molecule has 1 rings (SSSR count). The van der Waals surface area contributed by atoms with Crippen LogP contribution in [0.25, 0.3) is 0 Å². The summed E-state index contributed by atoms with van der Waals surface area (Å²) < 4.78 is 5.26. The van der Waals surface area contributed by atoms with Gasteiger partial charge in [0.15, 0.2) is 0 Å². The van der Waals surface area contributed by atoms with Crippen LogP contribution in [0.1, 0.15) is 53.4 Å². The van der Waals surface area contributed by atoms with Gasteiger partial charge in [-0.1, -0.05) is 6.42 Å². The third kappa shape index (κ3) is 6.29. The van der Waals surface area contributed by atoms with Crippen molar-refractivity contribution in [1.29, 1.82) is 0 Å². The molecule has 0 aromatic carbocycles. The van der Waals surface area contributed by atoms with Crippen molar-refractivity contribution < 1.29 is 9.53 Å². The number of terminal acetylenes is 1. The van der Waals surface area contributed by atoms with Gasteiger partial charge in [-0.3, -0.25) is 0 Å². The van der Waals surface area contributed by atoms with E-state index in [2.05, 4.69) is 23.5 Å². The SMILES string of the molecule is C#CCC(C)NC1CCCC1CNC(=O)OC(C)(C)C. The average molecular weight is 280 g/mol. The number of carbonyl (C=O) groups excluding carboxylic acids is 1. The second-order valence-electron chi connectivity index (χ2n) is 6.66. The molecule has 0 radical (unpaired) electrons. The summed E-state index contributed by atoms with van der Waals surface area (Å²) in [7, 11) is 0. The third-order valence-corrected chi connectivity index (χ3v) is 3.49. The first-order valence-electron chi connectivity index (χ1n) is 7.48. The Morgan fingerprint density at radius 3 is 2.75 bits per heavy atom. The van der Waals surface area contributed by atoms with Gasteiger partial charge in [0, 0.05) is 25.0 Å². The fourth-order valence-corrected chi connectivity index (χ4v) is 2.63. The summed E-state index contributed by atoms with van der Waals surface area (Å²) in [6.07, 6.45) is 9.22. The molecule has 1 amide bonds. The lowest BCUT2D eigenvalue weighted by Crippen LogP contribution is -2.43. The van der Waals surface area contributed by atoms with Crippen molar-refractivity contribution in [2.75, 3.05) is 6.54 Å². The minimum absolute atomic E-state index is 0.326. The predicted octanol–water partition coefficient (Wildman–Crippen LogP) is 2.68. The van der Waals surface area contributed by atoms with Gasteiger partial charge in [-0.25, -0.2) is 4.79 Å². The molecule has 0 spiro atoms. The van der Waals surface area contributed by atoms with Crippen molar-refractivity contribution in [2.45, 2.75) is 71.1 Å². The van der Waals surface area contributed by atoms with Gasteiger partial charge in [0.1, 0.15) is 5.60 Å². The van der Waals surface area contributed by atoms with E-state index < -0.39 is 5.60 Å². The van der Waals surface area contributed by atoms with Crippen molar-refractivity contribution >= 4 is 6.09 Å². The van der Waals surface area contributed by atoms with Crippen LogP contribution in [-0.2, 0) is 4.74 Å². The molecule has 1 saturated carbocycles. The number of carbonyl (C=O) groups is 1. The van der Waals surface area contributed by atoms with E-state index in [1.54, 1.807) is 0 Å². The second kappa shape index (κ2) is 7.54. The summed E-state index contributed by atoms with van der Waals surface area (Å²) >= 11 is 0. The van der Waals surface area contributed by atoms with Crippen molar-refractivity contribution in [3.8, 4) is 12.3 Å². The average Bonchev–Trinajstić information content (AvgIpc) is 2.71. The van der Waals surface area contributed by atoms with Gasteiger partial charge in [-0.2, -0.15) is 0 Å². The number of rotatable bonds is 5. The van der Waals surface area contributed by atoms with Gasteiger partial charge in [0.25, 0.3) is 0 Å². The quantitative estimate of drug-likeness (QED) is 0.761. The molecule has 4 nitrogen and oxygen atoms in total. The molecule has 1 aliphatic carbocycles. The summed E-state index contributed by atoms with van der Waals surface area (Å²) in [5, 5.41) is 6.44. The minimum Gasteiger partial charge on any atom is -0.444 e. The maximum absolute atomic E-state index is 11.7. The summed E-state index contributed by atoms with van der Waals surface area (Å²) in [6.45, 7) is 8.38. The molecule has 3 unspecified atom stereocenters. The zero-order valence-electron chi connectivity index (χ0n) is 13.2. The summed E-state index contributed by atoms with van der Waals surface area (Å²) in [5.41, 5.74) is -0.446. The number of amides is 1. The lowest BCUT2D eigenvalue weighted by Gasteiger charge is -2.25. The zero-order chi connectivity index (χ0) is 15.2. The highest BCUT2D eigenvalue weighted by Crippen LogP contribution is 2.25. The highest BCUT2D eigenvalue weighted by Gasteiger charge is 2.28. The molecule has 1 aliphatic rings. The van der Waals surface area contributed by atoms with Crippen LogP contribution in [0.5, 0.6) is 0 Å². The monoisotopic (exact) mass is 280 g/mol. The Balaban J connectivity index is 2.35. The van der Waals surface area contributed by atoms with Crippen molar-refractivity contribution in [3.05, 3.63) is 0 Å². The fraction of sp³-hybridized carbons (Fsp3) is 0.812. The number of ether oxygens (including phenoxy) is 1. The van der Waals surface area contributed by atoms with E-state index in [9.17, 15) is 4.79 Å². The van der Waals surface area contributed by atoms with Crippen molar-refractivity contribution in [2.24, 2.45) is 5.92 Å². The number of alkyl carbamates (subject to hydrolysis) is 1. The maximum atomic E-state index is 11.7. The number of nitrogens with one attached hydrogen (secondary N) is 2. The van der Waals surface area contributed by atoms with E-state index in [0.717, 1.165) is 19.3 Å². The molecule has 1 fully saturated rings. The largest absolute Gasteiger partial charge is 0.444 e. The van der Waals surface area contributed by atoms with E-state index in [0.29, 0.717) is 24.5 Å². The Hall–Kier alpha value is -1.21. The Kier molecular flexibility index (Phi) is 6.35. The Morgan fingerprint density at radius 1 is 1.45 bits per heavy atom. The lowest BCUT2D eigenvalue weighted by molar-refractivity contribution is 0.0517. The van der Waals surface area contributed by atoms with Crippen molar-refractivity contribution in [1.82, 2.24) is 10.6 Å². The molecule has 0 bridgehead atoms. The van der Waals surface area contributed by atoms with E-state index in [1.807, 2.05) is 20.8 Å². The number of hydrogen-bond donors (Lipinski definition) is 2. The zero-order valence-corrected chi connectivity index (χ0v) is 13.2. The molecule has 114 valence electrons. The van der Waals surface area contributed by atoms with E-state index >= 15 is 0 Å². The highest BCUT2D eigenvalue weighted by atomic mass is 16.6. The summed E-state index contributed by atoms with van der Waals surface area (Å²) in [4.78, 5) is 11.7. The highest BCUT2D eigenvalue weighted by molar-refractivity contribution is 5.67. The van der Waals surface area contributed by atoms with Gasteiger partial charge in [-0.05, 0) is 46.5 Å². The summed E-state index contributed by atoms with van der Waals surface area (Å²) in [5.74, 6) is 3.14. The molecule has 0 aromatic heterocycles. The molecule has 0 saturated heterocycles. The molecule has 4 heteroatoms. The van der Waals surface area contributed by atoms with Crippen LogP contribution in [0.2, 0.25) is 0 Å². The third-order valence-electron chi connectivity index (χ3n) is 3.49. The molecule has 0 heterocycles. The lowest BCUT2D eigenvalue weighted by atomic mass is 10.0. The second-order valence-corrected chi connectivity index (χ2v) is 6.66. The van der Waals surface area contributed by atoms with E-state index in [1.165, 1.54) is 6.42 Å². The Labute approximate surface area is 123 Å². The fourth-order valence-electron chi connectivity index (χ4n) is 2.63. The molecule has 2 N–H and O–H groups in total. The van der Waals surface area contributed by atoms with E-state index in [4.69, 9.17) is 11.2 Å². The normalized spacial score (nSPS) is 23.9. The van der Waals surface area contributed by atoms with Gasteiger partial charge in [-0.15, -0.1) is 12.3 Å². The molecular formula is C16H28N2O2. The topological polar surface area (TPSA) is 50.4 Å². The first kappa shape index (κ1) is 16.8. The van der Waals surface area contributed by atoms with Crippen LogP contribution >= 0.6 is 0 Å². The minimum atomic E-state index is -0.446. The molecule has 0 aromatic rings. The Morgan fingerprint density at radius 2 is 2.15 bits per heavy atom. The van der Waals surface area contributed by atoms with Gasteiger partial charge < -0.3 is 15.4 Å². The first-order chi connectivity index (χ1) is 9.31. The standard InChI is InChI=1S/C16H28N2O2/c1-6-8-12(2)18-14-10-7-9-13(14)11-17-15(19)20-16(3,4)5/h1,12-14,18H,7-11H2,2-5H3,(H,17,19). The smallest absolute Gasteiger partial charge is 0.407 e. The molecule has 3 atom stereocenters. The van der Waals surface area contributed by atoms with Crippen LogP contribution in [0.15, 0.2) is 0 Å². The van der Waals surface area contributed by atoms with Crippen molar-refractivity contribution in [3.63, 3.8) is 0 Å². The Bertz CT molecular complexity index is 354. The van der Waals surface area contributed by atoms with Gasteiger partial charge in [0.05, 0.1) is 0 Å².